The van der Waals surface area contributed by atoms with Crippen LogP contribution in [0, 0.1) is 17.7 Å². The first kappa shape index (κ1) is 12.4. The van der Waals surface area contributed by atoms with Gasteiger partial charge >= 0.3 is 0 Å². The lowest BCUT2D eigenvalue weighted by Crippen LogP contribution is -2.38. The molecule has 0 radical (unpaired) electrons. The van der Waals surface area contributed by atoms with Gasteiger partial charge in [-0.05, 0) is 42.0 Å². The lowest BCUT2D eigenvalue weighted by Gasteiger charge is -2.35. The first-order chi connectivity index (χ1) is 8.04. The van der Waals surface area contributed by atoms with Crippen molar-refractivity contribution in [3.8, 4) is 0 Å². The Morgan fingerprint density at radius 3 is 2.59 bits per heavy atom. The van der Waals surface area contributed by atoms with Crippen LogP contribution in [-0.2, 0) is 6.54 Å². The Labute approximate surface area is 103 Å². The summed E-state index contributed by atoms with van der Waals surface area (Å²) in [7, 11) is 0. The minimum absolute atomic E-state index is 0.202. The third-order valence-electron chi connectivity index (χ3n) is 3.44. The van der Waals surface area contributed by atoms with E-state index in [4.69, 9.17) is 5.73 Å². The van der Waals surface area contributed by atoms with Crippen molar-refractivity contribution in [3.63, 3.8) is 0 Å². The first-order valence-corrected chi connectivity index (χ1v) is 6.31. The quantitative estimate of drug-likeness (QED) is 0.800. The molecule has 0 aliphatic carbocycles. The molecule has 1 aromatic rings. The van der Waals surface area contributed by atoms with Crippen molar-refractivity contribution >= 4 is 5.69 Å². The highest BCUT2D eigenvalue weighted by molar-refractivity contribution is 5.46. The van der Waals surface area contributed by atoms with Gasteiger partial charge in [0.15, 0.2) is 0 Å². The van der Waals surface area contributed by atoms with E-state index in [2.05, 4.69) is 18.7 Å². The Kier molecular flexibility index (Phi) is 3.67. The lowest BCUT2D eigenvalue weighted by molar-refractivity contribution is 0.134. The number of piperidine rings is 1. The number of likely N-dealkylation sites (tertiary alicyclic amines) is 1. The molecule has 1 aliphatic heterocycles. The zero-order chi connectivity index (χ0) is 12.4. The van der Waals surface area contributed by atoms with Crippen LogP contribution in [0.15, 0.2) is 18.2 Å². The second-order valence-electron chi connectivity index (χ2n) is 5.48. The summed E-state index contributed by atoms with van der Waals surface area (Å²) in [5, 5.41) is 0. The molecule has 1 aromatic carbocycles. The van der Waals surface area contributed by atoms with Gasteiger partial charge in [0.05, 0.1) is 0 Å². The Morgan fingerprint density at radius 1 is 1.29 bits per heavy atom. The van der Waals surface area contributed by atoms with E-state index in [1.54, 1.807) is 12.1 Å². The summed E-state index contributed by atoms with van der Waals surface area (Å²) in [5.41, 5.74) is 7.48. The van der Waals surface area contributed by atoms with Gasteiger partial charge in [-0.15, -0.1) is 0 Å². The van der Waals surface area contributed by atoms with Crippen LogP contribution in [-0.4, -0.2) is 18.0 Å². The Bertz CT molecular complexity index is 382. The minimum Gasteiger partial charge on any atom is -0.398 e. The molecule has 2 nitrogen and oxygen atoms in total. The molecule has 2 rings (SSSR count). The highest BCUT2D eigenvalue weighted by Crippen LogP contribution is 2.24. The van der Waals surface area contributed by atoms with Crippen molar-refractivity contribution < 1.29 is 4.39 Å². The summed E-state index contributed by atoms with van der Waals surface area (Å²) < 4.78 is 13.2. The van der Waals surface area contributed by atoms with Crippen molar-refractivity contribution in [1.82, 2.24) is 4.90 Å². The molecule has 0 saturated carbocycles. The van der Waals surface area contributed by atoms with Gasteiger partial charge in [-0.3, -0.25) is 4.90 Å². The number of anilines is 1. The van der Waals surface area contributed by atoms with Crippen LogP contribution in [0.1, 0.15) is 25.8 Å². The lowest BCUT2D eigenvalue weighted by atomic mass is 9.91. The SMILES string of the molecule is CC1CC(C)CN(Cc2cc(F)ccc2N)C1. The summed E-state index contributed by atoms with van der Waals surface area (Å²) in [6, 6.07) is 4.63. The molecule has 17 heavy (non-hydrogen) atoms. The molecule has 0 amide bonds. The van der Waals surface area contributed by atoms with Crippen LogP contribution >= 0.6 is 0 Å². The summed E-state index contributed by atoms with van der Waals surface area (Å²) in [5.74, 6) is 1.23. The van der Waals surface area contributed by atoms with Gasteiger partial charge in [0, 0.05) is 25.3 Å². The van der Waals surface area contributed by atoms with E-state index in [9.17, 15) is 4.39 Å². The predicted molar refractivity (Wildman–Crippen MR) is 69.0 cm³/mol. The third kappa shape index (κ3) is 3.19. The number of benzene rings is 1. The minimum atomic E-state index is -0.202. The highest BCUT2D eigenvalue weighted by atomic mass is 19.1. The topological polar surface area (TPSA) is 29.3 Å². The van der Waals surface area contributed by atoms with Crippen LogP contribution in [0.5, 0.6) is 0 Å². The highest BCUT2D eigenvalue weighted by Gasteiger charge is 2.22. The molecular formula is C14H21FN2. The van der Waals surface area contributed by atoms with E-state index in [1.165, 1.54) is 12.5 Å². The Hall–Kier alpha value is -1.09. The molecule has 1 heterocycles. The molecule has 3 heteroatoms. The van der Waals surface area contributed by atoms with Crippen molar-refractivity contribution in [2.24, 2.45) is 11.8 Å². The van der Waals surface area contributed by atoms with Crippen molar-refractivity contribution in [1.29, 1.82) is 0 Å². The van der Waals surface area contributed by atoms with Crippen LogP contribution in [0.4, 0.5) is 10.1 Å². The standard InChI is InChI=1S/C14H21FN2/c1-10-5-11(2)8-17(7-10)9-12-6-13(15)3-4-14(12)16/h3-4,6,10-11H,5,7-9,16H2,1-2H3. The van der Waals surface area contributed by atoms with Gasteiger partial charge in [-0.2, -0.15) is 0 Å². The van der Waals surface area contributed by atoms with Crippen molar-refractivity contribution in [3.05, 3.63) is 29.6 Å². The number of rotatable bonds is 2. The monoisotopic (exact) mass is 236 g/mol. The molecule has 2 unspecified atom stereocenters. The molecule has 1 fully saturated rings. The normalized spacial score (nSPS) is 26.1. The molecule has 0 bridgehead atoms. The number of nitrogen functional groups attached to an aromatic ring is 1. The number of hydrogen-bond acceptors (Lipinski definition) is 2. The average Bonchev–Trinajstić information content (AvgIpc) is 2.22. The fraction of sp³-hybridized carbons (Fsp3) is 0.571. The molecule has 94 valence electrons. The fourth-order valence-electron chi connectivity index (χ4n) is 2.87. The van der Waals surface area contributed by atoms with Gasteiger partial charge < -0.3 is 5.73 Å². The average molecular weight is 236 g/mol. The molecule has 2 atom stereocenters. The largest absolute Gasteiger partial charge is 0.398 e. The van der Waals surface area contributed by atoms with E-state index in [-0.39, 0.29) is 5.82 Å². The van der Waals surface area contributed by atoms with Crippen LogP contribution in [0.2, 0.25) is 0 Å². The number of hydrogen-bond donors (Lipinski definition) is 1. The van der Waals surface area contributed by atoms with Gasteiger partial charge in [0.2, 0.25) is 0 Å². The number of nitrogens with zero attached hydrogens (tertiary/aromatic N) is 1. The summed E-state index contributed by atoms with van der Waals surface area (Å²) in [6.45, 7) is 7.48. The summed E-state index contributed by atoms with van der Waals surface area (Å²) in [4.78, 5) is 2.38. The number of nitrogens with two attached hydrogens (primary N) is 1. The summed E-state index contributed by atoms with van der Waals surface area (Å²) in [6.07, 6.45) is 1.29. The molecule has 1 saturated heterocycles. The Balaban J connectivity index is 2.07. The van der Waals surface area contributed by atoms with Crippen molar-refractivity contribution in [2.45, 2.75) is 26.8 Å². The predicted octanol–water partition coefficient (Wildman–Crippen LogP) is 2.89. The second kappa shape index (κ2) is 5.05. The summed E-state index contributed by atoms with van der Waals surface area (Å²) >= 11 is 0. The van der Waals surface area contributed by atoms with E-state index < -0.39 is 0 Å². The fourth-order valence-corrected chi connectivity index (χ4v) is 2.87. The van der Waals surface area contributed by atoms with Gasteiger partial charge in [0.25, 0.3) is 0 Å². The van der Waals surface area contributed by atoms with Crippen LogP contribution < -0.4 is 5.73 Å². The molecule has 0 spiro atoms. The van der Waals surface area contributed by atoms with E-state index in [1.807, 2.05) is 0 Å². The van der Waals surface area contributed by atoms with Crippen LogP contribution in [0.3, 0.4) is 0 Å². The number of halogens is 1. The van der Waals surface area contributed by atoms with Gasteiger partial charge in [-0.25, -0.2) is 4.39 Å². The molecule has 1 aliphatic rings. The molecule has 0 aromatic heterocycles. The van der Waals surface area contributed by atoms with E-state index in [0.29, 0.717) is 17.5 Å². The first-order valence-electron chi connectivity index (χ1n) is 6.31. The second-order valence-corrected chi connectivity index (χ2v) is 5.48. The Morgan fingerprint density at radius 2 is 1.94 bits per heavy atom. The molecular weight excluding hydrogens is 215 g/mol. The zero-order valence-corrected chi connectivity index (χ0v) is 10.6. The van der Waals surface area contributed by atoms with E-state index in [0.717, 1.165) is 25.2 Å². The van der Waals surface area contributed by atoms with Crippen molar-refractivity contribution in [2.75, 3.05) is 18.8 Å². The maximum atomic E-state index is 13.2. The zero-order valence-electron chi connectivity index (χ0n) is 10.6. The maximum absolute atomic E-state index is 13.2. The third-order valence-corrected chi connectivity index (χ3v) is 3.44. The van der Waals surface area contributed by atoms with E-state index >= 15 is 0 Å². The molecule has 2 N–H and O–H groups in total. The maximum Gasteiger partial charge on any atom is 0.123 e. The van der Waals surface area contributed by atoms with Crippen LogP contribution in [0.25, 0.3) is 0 Å². The van der Waals surface area contributed by atoms with Gasteiger partial charge in [-0.1, -0.05) is 13.8 Å². The van der Waals surface area contributed by atoms with Gasteiger partial charge in [0.1, 0.15) is 5.82 Å². The smallest absolute Gasteiger partial charge is 0.123 e.